The van der Waals surface area contributed by atoms with Gasteiger partial charge < -0.3 is 19.8 Å². The molecular weight excluding hydrogens is 332 g/mol. The summed E-state index contributed by atoms with van der Waals surface area (Å²) in [4.78, 5) is 15.3. The number of aromatic nitrogens is 3. The van der Waals surface area contributed by atoms with Crippen molar-refractivity contribution >= 4 is 27.5 Å². The molecule has 2 aromatic carbocycles. The van der Waals surface area contributed by atoms with E-state index in [4.69, 9.17) is 9.47 Å². The van der Waals surface area contributed by atoms with E-state index in [-0.39, 0.29) is 5.56 Å². The summed E-state index contributed by atoms with van der Waals surface area (Å²) < 4.78 is 10.6. The van der Waals surface area contributed by atoms with E-state index in [2.05, 4.69) is 20.5 Å². The van der Waals surface area contributed by atoms with Crippen LogP contribution >= 0.6 is 0 Å². The van der Waals surface area contributed by atoms with Crippen molar-refractivity contribution in [1.82, 2.24) is 15.2 Å². The van der Waals surface area contributed by atoms with Gasteiger partial charge in [-0.2, -0.15) is 5.10 Å². The highest BCUT2D eigenvalue weighted by Gasteiger charge is 2.09. The van der Waals surface area contributed by atoms with Crippen molar-refractivity contribution in [2.75, 3.05) is 19.5 Å². The summed E-state index contributed by atoms with van der Waals surface area (Å²) in [5.74, 6) is 1.20. The van der Waals surface area contributed by atoms with E-state index in [9.17, 15) is 4.79 Å². The molecule has 0 radical (unpaired) electrons. The van der Waals surface area contributed by atoms with E-state index in [1.165, 1.54) is 0 Å². The van der Waals surface area contributed by atoms with Crippen LogP contribution in [0, 0.1) is 0 Å². The molecule has 0 amide bonds. The van der Waals surface area contributed by atoms with Crippen molar-refractivity contribution in [2.45, 2.75) is 6.54 Å². The number of nitrogens with zero attached hydrogens (tertiary/aromatic N) is 1. The third kappa shape index (κ3) is 2.83. The predicted molar refractivity (Wildman–Crippen MR) is 101 cm³/mol. The average Bonchev–Trinajstić information content (AvgIpc) is 3.13. The summed E-state index contributed by atoms with van der Waals surface area (Å²) in [6.07, 6.45) is 1.77. The van der Waals surface area contributed by atoms with Crippen molar-refractivity contribution < 1.29 is 9.47 Å². The van der Waals surface area contributed by atoms with Crippen LogP contribution in [-0.4, -0.2) is 29.4 Å². The summed E-state index contributed by atoms with van der Waals surface area (Å²) in [5.41, 5.74) is 3.05. The maximum absolute atomic E-state index is 12.4. The molecule has 7 heteroatoms. The maximum Gasteiger partial charge on any atom is 0.253 e. The zero-order valence-corrected chi connectivity index (χ0v) is 14.4. The Bertz CT molecular complexity index is 1150. The number of aromatic amines is 2. The highest BCUT2D eigenvalue weighted by atomic mass is 16.5. The Morgan fingerprint density at radius 1 is 1.00 bits per heavy atom. The van der Waals surface area contributed by atoms with Crippen LogP contribution in [0.1, 0.15) is 5.56 Å². The standard InChI is InChI=1S/C19H18N4O3/c1-25-17-6-12-5-13(19(24)22-15(12)8-18(17)26-2)9-20-14-4-3-11-10-21-23-16(11)7-14/h3-8,10,20H,9H2,1-2H3,(H,21,23)(H,22,24). The second kappa shape index (κ2) is 6.44. The third-order valence-electron chi connectivity index (χ3n) is 4.35. The lowest BCUT2D eigenvalue weighted by molar-refractivity contribution is 0.356. The average molecular weight is 350 g/mol. The molecule has 0 bridgehead atoms. The number of benzene rings is 2. The van der Waals surface area contributed by atoms with E-state index >= 15 is 0 Å². The first-order chi connectivity index (χ1) is 12.7. The molecule has 0 saturated heterocycles. The highest BCUT2D eigenvalue weighted by Crippen LogP contribution is 2.31. The molecule has 0 fully saturated rings. The lowest BCUT2D eigenvalue weighted by Gasteiger charge is -2.11. The molecule has 0 aliphatic rings. The summed E-state index contributed by atoms with van der Waals surface area (Å²) >= 11 is 0. The second-order valence-corrected chi connectivity index (χ2v) is 5.94. The monoisotopic (exact) mass is 350 g/mol. The summed E-state index contributed by atoms with van der Waals surface area (Å²) in [6, 6.07) is 11.4. The van der Waals surface area contributed by atoms with Crippen molar-refractivity contribution in [1.29, 1.82) is 0 Å². The number of fused-ring (bicyclic) bond motifs is 2. The largest absolute Gasteiger partial charge is 0.493 e. The van der Waals surface area contributed by atoms with Gasteiger partial charge in [-0.15, -0.1) is 0 Å². The topological polar surface area (TPSA) is 92.0 Å². The lowest BCUT2D eigenvalue weighted by Crippen LogP contribution is -2.15. The molecule has 132 valence electrons. The number of nitrogens with one attached hydrogen (secondary N) is 3. The minimum atomic E-state index is -0.139. The van der Waals surface area contributed by atoms with E-state index in [1.807, 2.05) is 30.3 Å². The minimum Gasteiger partial charge on any atom is -0.493 e. The zero-order valence-electron chi connectivity index (χ0n) is 14.4. The first-order valence-electron chi connectivity index (χ1n) is 8.13. The molecular formula is C19H18N4O3. The fourth-order valence-electron chi connectivity index (χ4n) is 2.95. The molecule has 4 rings (SSSR count). The molecule has 26 heavy (non-hydrogen) atoms. The van der Waals surface area contributed by atoms with E-state index in [1.54, 1.807) is 26.5 Å². The fraction of sp³-hybridized carbons (Fsp3) is 0.158. The number of hydrogen-bond acceptors (Lipinski definition) is 5. The molecule has 0 aliphatic heterocycles. The SMILES string of the molecule is COc1cc2cc(CNc3ccc4cn[nH]c4c3)c(=O)[nH]c2cc1OC. The molecule has 4 aromatic rings. The fourth-order valence-corrected chi connectivity index (χ4v) is 2.95. The maximum atomic E-state index is 12.4. The molecule has 0 atom stereocenters. The molecule has 7 nitrogen and oxygen atoms in total. The van der Waals surface area contributed by atoms with Gasteiger partial charge in [0, 0.05) is 34.6 Å². The number of ether oxygens (including phenoxy) is 2. The summed E-state index contributed by atoms with van der Waals surface area (Å²) in [5, 5.41) is 12.1. The van der Waals surface area contributed by atoms with Crippen LogP contribution in [0.4, 0.5) is 5.69 Å². The van der Waals surface area contributed by atoms with Crippen LogP contribution in [0.2, 0.25) is 0 Å². The number of hydrogen-bond donors (Lipinski definition) is 3. The Kier molecular flexibility index (Phi) is 3.96. The quantitative estimate of drug-likeness (QED) is 0.514. The Balaban J connectivity index is 1.65. The smallest absolute Gasteiger partial charge is 0.253 e. The van der Waals surface area contributed by atoms with Crippen molar-refractivity contribution in [2.24, 2.45) is 0 Å². The van der Waals surface area contributed by atoms with E-state index < -0.39 is 0 Å². The second-order valence-electron chi connectivity index (χ2n) is 5.94. The van der Waals surface area contributed by atoms with E-state index in [0.717, 1.165) is 22.0 Å². The van der Waals surface area contributed by atoms with Gasteiger partial charge in [-0.05, 0) is 30.3 Å². The van der Waals surface area contributed by atoms with Gasteiger partial charge in [0.25, 0.3) is 5.56 Å². The minimum absolute atomic E-state index is 0.139. The third-order valence-corrected chi connectivity index (χ3v) is 4.35. The normalized spacial score (nSPS) is 11.0. The Hall–Kier alpha value is -3.48. The highest BCUT2D eigenvalue weighted by molar-refractivity contribution is 5.83. The van der Waals surface area contributed by atoms with Gasteiger partial charge in [0.15, 0.2) is 11.5 Å². The number of rotatable bonds is 5. The van der Waals surface area contributed by atoms with Crippen LogP contribution in [0.3, 0.4) is 0 Å². The van der Waals surface area contributed by atoms with Crippen LogP contribution in [0.15, 0.2) is 47.4 Å². The molecule has 0 unspecified atom stereocenters. The van der Waals surface area contributed by atoms with Gasteiger partial charge >= 0.3 is 0 Å². The molecule has 0 spiro atoms. The molecule has 2 aromatic heterocycles. The van der Waals surface area contributed by atoms with Gasteiger partial charge in [0.05, 0.1) is 31.4 Å². The van der Waals surface area contributed by atoms with Crippen LogP contribution < -0.4 is 20.3 Å². The van der Waals surface area contributed by atoms with Crippen LogP contribution in [0.5, 0.6) is 11.5 Å². The number of methoxy groups -OCH3 is 2. The van der Waals surface area contributed by atoms with Crippen molar-refractivity contribution in [3.8, 4) is 11.5 Å². The van der Waals surface area contributed by atoms with Crippen molar-refractivity contribution in [3.63, 3.8) is 0 Å². The summed E-state index contributed by atoms with van der Waals surface area (Å²) in [7, 11) is 3.15. The number of pyridine rings is 1. The molecule has 2 heterocycles. The summed E-state index contributed by atoms with van der Waals surface area (Å²) in [6.45, 7) is 0.402. The molecule has 0 aliphatic carbocycles. The van der Waals surface area contributed by atoms with Crippen LogP contribution in [-0.2, 0) is 6.54 Å². The first-order valence-corrected chi connectivity index (χ1v) is 8.13. The predicted octanol–water partition coefficient (Wildman–Crippen LogP) is 3.03. The van der Waals surface area contributed by atoms with Gasteiger partial charge in [-0.3, -0.25) is 9.89 Å². The lowest BCUT2D eigenvalue weighted by atomic mass is 10.1. The number of H-pyrrole nitrogens is 2. The molecule has 0 saturated carbocycles. The van der Waals surface area contributed by atoms with Gasteiger partial charge in [-0.25, -0.2) is 0 Å². The van der Waals surface area contributed by atoms with Gasteiger partial charge in [-0.1, -0.05) is 0 Å². The van der Waals surface area contributed by atoms with Gasteiger partial charge in [0.2, 0.25) is 0 Å². The Morgan fingerprint density at radius 3 is 2.62 bits per heavy atom. The Labute approximate surface area is 149 Å². The zero-order chi connectivity index (χ0) is 18.1. The van der Waals surface area contributed by atoms with Crippen molar-refractivity contribution in [3.05, 3.63) is 58.5 Å². The molecule has 3 N–H and O–H groups in total. The van der Waals surface area contributed by atoms with E-state index in [0.29, 0.717) is 29.1 Å². The van der Waals surface area contributed by atoms with Gasteiger partial charge in [0.1, 0.15) is 0 Å². The van der Waals surface area contributed by atoms with Crippen LogP contribution in [0.25, 0.3) is 21.8 Å². The first kappa shape index (κ1) is 16.0. The number of anilines is 1. The Morgan fingerprint density at radius 2 is 1.81 bits per heavy atom.